The highest BCUT2D eigenvalue weighted by Gasteiger charge is 2.21. The van der Waals surface area contributed by atoms with Gasteiger partial charge in [-0.3, -0.25) is 0 Å². The third-order valence-electron chi connectivity index (χ3n) is 3.74. The van der Waals surface area contributed by atoms with Gasteiger partial charge < -0.3 is 5.32 Å². The lowest BCUT2D eigenvalue weighted by molar-refractivity contribution is 0.457. The topological polar surface area (TPSA) is 12.0 Å². The van der Waals surface area contributed by atoms with Gasteiger partial charge in [-0.05, 0) is 36.2 Å². The Labute approximate surface area is 125 Å². The van der Waals surface area contributed by atoms with Crippen LogP contribution in [0.2, 0.25) is 0 Å². The molecule has 3 heteroatoms. The second-order valence-corrected chi connectivity index (χ2v) is 5.30. The van der Waals surface area contributed by atoms with E-state index >= 15 is 0 Å². The summed E-state index contributed by atoms with van der Waals surface area (Å²) in [5.41, 5.74) is 1.95. The van der Waals surface area contributed by atoms with Crippen molar-refractivity contribution in [3.63, 3.8) is 0 Å². The second kappa shape index (κ2) is 7.32. The van der Waals surface area contributed by atoms with Crippen LogP contribution in [-0.4, -0.2) is 6.54 Å². The quantitative estimate of drug-likeness (QED) is 0.804. The summed E-state index contributed by atoms with van der Waals surface area (Å²) < 4.78 is 26.7. The normalized spacial score (nSPS) is 13.9. The van der Waals surface area contributed by atoms with Gasteiger partial charge in [-0.15, -0.1) is 0 Å². The number of benzene rings is 2. The molecule has 0 saturated heterocycles. The van der Waals surface area contributed by atoms with E-state index in [0.29, 0.717) is 0 Å². The lowest BCUT2D eigenvalue weighted by Gasteiger charge is -2.26. The summed E-state index contributed by atoms with van der Waals surface area (Å²) >= 11 is 0. The summed E-state index contributed by atoms with van der Waals surface area (Å²) in [5.74, 6) is -1.43. The summed E-state index contributed by atoms with van der Waals surface area (Å²) in [6.45, 7) is 5.02. The zero-order valence-electron chi connectivity index (χ0n) is 12.4. The third kappa shape index (κ3) is 3.88. The molecule has 2 atom stereocenters. The van der Waals surface area contributed by atoms with Crippen LogP contribution >= 0.6 is 0 Å². The van der Waals surface area contributed by atoms with Gasteiger partial charge in [-0.25, -0.2) is 8.78 Å². The number of nitrogens with one attached hydrogen (secondary N) is 1. The van der Waals surface area contributed by atoms with Crippen LogP contribution in [0.5, 0.6) is 0 Å². The molecule has 0 amide bonds. The Bertz CT molecular complexity index is 569. The van der Waals surface area contributed by atoms with Gasteiger partial charge in [0.25, 0.3) is 0 Å². The van der Waals surface area contributed by atoms with Crippen LogP contribution in [0.25, 0.3) is 0 Å². The van der Waals surface area contributed by atoms with Gasteiger partial charge in [0.2, 0.25) is 0 Å². The van der Waals surface area contributed by atoms with Crippen molar-refractivity contribution < 1.29 is 8.78 Å². The molecule has 0 saturated carbocycles. The van der Waals surface area contributed by atoms with Gasteiger partial charge in [0, 0.05) is 12.0 Å². The SMILES string of the molecule is CCCNC(c1ccc(F)c(F)c1)C(C)c1ccccc1. The number of hydrogen-bond acceptors (Lipinski definition) is 1. The van der Waals surface area contributed by atoms with Crippen LogP contribution in [0.15, 0.2) is 48.5 Å². The molecule has 112 valence electrons. The average Bonchev–Trinajstić information content (AvgIpc) is 2.51. The molecule has 0 radical (unpaired) electrons. The lowest BCUT2D eigenvalue weighted by Crippen LogP contribution is -2.27. The molecule has 0 heterocycles. The monoisotopic (exact) mass is 289 g/mol. The van der Waals surface area contributed by atoms with Crippen molar-refractivity contribution in [3.05, 3.63) is 71.3 Å². The Hall–Kier alpha value is -1.74. The molecule has 2 aromatic carbocycles. The first-order valence-electron chi connectivity index (χ1n) is 7.36. The number of halogens is 2. The molecule has 0 fully saturated rings. The average molecular weight is 289 g/mol. The first-order valence-corrected chi connectivity index (χ1v) is 7.36. The molecular formula is C18H21F2N. The van der Waals surface area contributed by atoms with Crippen LogP contribution in [-0.2, 0) is 0 Å². The molecule has 1 N–H and O–H groups in total. The molecule has 0 aromatic heterocycles. The Balaban J connectivity index is 2.31. The summed E-state index contributed by atoms with van der Waals surface area (Å²) in [5, 5.41) is 3.44. The highest BCUT2D eigenvalue weighted by molar-refractivity contribution is 5.28. The molecular weight excluding hydrogens is 268 g/mol. The van der Waals surface area contributed by atoms with Crippen LogP contribution < -0.4 is 5.32 Å². The van der Waals surface area contributed by atoms with E-state index in [1.807, 2.05) is 18.2 Å². The standard InChI is InChI=1S/C18H21F2N/c1-3-11-21-18(13(2)14-7-5-4-6-8-14)15-9-10-16(19)17(20)12-15/h4-10,12-13,18,21H,3,11H2,1-2H3. The van der Waals surface area contributed by atoms with Crippen molar-refractivity contribution in [1.29, 1.82) is 0 Å². The van der Waals surface area contributed by atoms with E-state index in [9.17, 15) is 8.78 Å². The predicted molar refractivity (Wildman–Crippen MR) is 82.2 cm³/mol. The third-order valence-corrected chi connectivity index (χ3v) is 3.74. The van der Waals surface area contributed by atoms with Gasteiger partial charge >= 0.3 is 0 Å². The zero-order valence-corrected chi connectivity index (χ0v) is 12.4. The van der Waals surface area contributed by atoms with E-state index in [2.05, 4.69) is 31.3 Å². The Morgan fingerprint density at radius 1 is 0.952 bits per heavy atom. The van der Waals surface area contributed by atoms with Gasteiger partial charge in [-0.1, -0.05) is 50.2 Å². The number of rotatable bonds is 6. The molecule has 2 rings (SSSR count). The van der Waals surface area contributed by atoms with Crippen LogP contribution in [0, 0.1) is 11.6 Å². The maximum Gasteiger partial charge on any atom is 0.159 e. The molecule has 0 bridgehead atoms. The minimum absolute atomic E-state index is 0.0394. The summed E-state index contributed by atoms with van der Waals surface area (Å²) in [4.78, 5) is 0. The summed E-state index contributed by atoms with van der Waals surface area (Å²) in [6.07, 6.45) is 0.988. The minimum Gasteiger partial charge on any atom is -0.309 e. The van der Waals surface area contributed by atoms with E-state index in [1.54, 1.807) is 6.07 Å². The fraction of sp³-hybridized carbons (Fsp3) is 0.333. The van der Waals surface area contributed by atoms with E-state index in [-0.39, 0.29) is 12.0 Å². The van der Waals surface area contributed by atoms with Crippen LogP contribution in [0.4, 0.5) is 8.78 Å². The van der Waals surface area contributed by atoms with E-state index < -0.39 is 11.6 Å². The summed E-state index contributed by atoms with van der Waals surface area (Å²) in [6, 6.07) is 14.2. The first-order chi connectivity index (χ1) is 10.1. The Morgan fingerprint density at radius 2 is 1.67 bits per heavy atom. The number of hydrogen-bond donors (Lipinski definition) is 1. The fourth-order valence-corrected chi connectivity index (χ4v) is 2.54. The molecule has 0 aliphatic carbocycles. The van der Waals surface area contributed by atoms with Crippen molar-refractivity contribution in [2.75, 3.05) is 6.54 Å². The van der Waals surface area contributed by atoms with Crippen molar-refractivity contribution in [3.8, 4) is 0 Å². The molecule has 0 spiro atoms. The first kappa shape index (κ1) is 15.6. The molecule has 1 nitrogen and oxygen atoms in total. The maximum atomic E-state index is 13.5. The maximum absolute atomic E-state index is 13.5. The van der Waals surface area contributed by atoms with Gasteiger partial charge in [0.15, 0.2) is 11.6 Å². The molecule has 2 unspecified atom stereocenters. The molecule has 21 heavy (non-hydrogen) atoms. The zero-order chi connectivity index (χ0) is 15.2. The van der Waals surface area contributed by atoms with Crippen molar-refractivity contribution >= 4 is 0 Å². The Kier molecular flexibility index (Phi) is 5.45. The molecule has 2 aromatic rings. The minimum atomic E-state index is -0.805. The van der Waals surface area contributed by atoms with E-state index in [1.165, 1.54) is 17.7 Å². The molecule has 0 aliphatic rings. The van der Waals surface area contributed by atoms with Crippen LogP contribution in [0.3, 0.4) is 0 Å². The second-order valence-electron chi connectivity index (χ2n) is 5.30. The highest BCUT2D eigenvalue weighted by Crippen LogP contribution is 2.31. The Morgan fingerprint density at radius 3 is 2.29 bits per heavy atom. The largest absolute Gasteiger partial charge is 0.309 e. The van der Waals surface area contributed by atoms with E-state index in [0.717, 1.165) is 18.5 Å². The predicted octanol–water partition coefficient (Wildman–Crippen LogP) is 4.81. The van der Waals surface area contributed by atoms with Crippen LogP contribution in [0.1, 0.15) is 43.4 Å². The lowest BCUT2D eigenvalue weighted by atomic mass is 9.88. The smallest absolute Gasteiger partial charge is 0.159 e. The van der Waals surface area contributed by atoms with E-state index in [4.69, 9.17) is 0 Å². The van der Waals surface area contributed by atoms with Crippen molar-refractivity contribution in [2.45, 2.75) is 32.2 Å². The van der Waals surface area contributed by atoms with Crippen molar-refractivity contribution in [1.82, 2.24) is 5.32 Å². The van der Waals surface area contributed by atoms with Gasteiger partial charge in [-0.2, -0.15) is 0 Å². The summed E-state index contributed by atoms with van der Waals surface area (Å²) in [7, 11) is 0. The molecule has 0 aliphatic heterocycles. The fourth-order valence-electron chi connectivity index (χ4n) is 2.54. The van der Waals surface area contributed by atoms with Crippen molar-refractivity contribution in [2.24, 2.45) is 0 Å². The van der Waals surface area contributed by atoms with Gasteiger partial charge in [0.1, 0.15) is 0 Å². The van der Waals surface area contributed by atoms with Gasteiger partial charge in [0.05, 0.1) is 0 Å². The highest BCUT2D eigenvalue weighted by atomic mass is 19.2.